The first kappa shape index (κ1) is 17.8. The van der Waals surface area contributed by atoms with E-state index in [1.807, 2.05) is 19.1 Å². The van der Waals surface area contributed by atoms with Crippen LogP contribution in [0.3, 0.4) is 0 Å². The van der Waals surface area contributed by atoms with Gasteiger partial charge in [0.05, 0.1) is 34.1 Å². The average molecular weight is 443 g/mol. The number of nitrogens with zero attached hydrogens (tertiary/aromatic N) is 2. The summed E-state index contributed by atoms with van der Waals surface area (Å²) in [4.78, 5) is 21.4. The maximum Gasteiger partial charge on any atom is 0.321 e. The van der Waals surface area contributed by atoms with Gasteiger partial charge in [-0.2, -0.15) is 0 Å². The first-order valence-corrected chi connectivity index (χ1v) is 10.3. The molecule has 2 fully saturated rings. The van der Waals surface area contributed by atoms with Gasteiger partial charge in [0.2, 0.25) is 0 Å². The minimum atomic E-state index is -0.252. The predicted octanol–water partition coefficient (Wildman–Crippen LogP) is 4.24. The van der Waals surface area contributed by atoms with Crippen LogP contribution in [0.15, 0.2) is 40.8 Å². The summed E-state index contributed by atoms with van der Waals surface area (Å²) in [6.07, 6.45) is 5.64. The Balaban J connectivity index is 1.53. The van der Waals surface area contributed by atoms with Gasteiger partial charge in [-0.05, 0) is 58.5 Å². The zero-order valence-corrected chi connectivity index (χ0v) is 16.8. The quantitative estimate of drug-likeness (QED) is 0.762. The highest BCUT2D eigenvalue weighted by atomic mass is 79.9. The third kappa shape index (κ3) is 2.68. The zero-order chi connectivity index (χ0) is 19.4. The van der Waals surface area contributed by atoms with Gasteiger partial charge < -0.3 is 14.6 Å². The largest absolute Gasteiger partial charge is 0.511 e. The molecule has 2 aromatic rings. The van der Waals surface area contributed by atoms with Crippen LogP contribution < -0.4 is 4.74 Å². The minimum absolute atomic E-state index is 0.0126. The fourth-order valence-electron chi connectivity index (χ4n) is 4.71. The number of aryl methyl sites for hydroxylation is 1. The lowest BCUT2D eigenvalue weighted by atomic mass is 9.80. The number of hydrogen-bond acceptors (Lipinski definition) is 6. The summed E-state index contributed by atoms with van der Waals surface area (Å²) in [7, 11) is 0. The number of hydrogen-bond donors (Lipinski definition) is 1. The molecule has 1 aliphatic carbocycles. The Labute approximate surface area is 170 Å². The lowest BCUT2D eigenvalue weighted by Crippen LogP contribution is -2.29. The Hall–Kier alpha value is -2.25. The van der Waals surface area contributed by atoms with Crippen LogP contribution in [0.5, 0.6) is 11.8 Å². The zero-order valence-electron chi connectivity index (χ0n) is 15.3. The Morgan fingerprint density at radius 3 is 2.61 bits per heavy atom. The number of fused-ring (bicyclic) bond motifs is 5. The molecule has 1 aromatic carbocycles. The van der Waals surface area contributed by atoms with E-state index in [1.54, 1.807) is 18.5 Å². The molecule has 0 amide bonds. The number of aromatic nitrogens is 2. The number of aliphatic hydroxyl groups excluding tert-OH is 1. The van der Waals surface area contributed by atoms with Gasteiger partial charge in [0.25, 0.3) is 0 Å². The Kier molecular flexibility index (Phi) is 4.25. The molecule has 28 heavy (non-hydrogen) atoms. The molecule has 144 valence electrons. The third-order valence-electron chi connectivity index (χ3n) is 5.93. The maximum absolute atomic E-state index is 13.2. The molecule has 2 bridgehead atoms. The maximum atomic E-state index is 13.2. The summed E-state index contributed by atoms with van der Waals surface area (Å²) in [5, 5.41) is 10.9. The molecule has 4 atom stereocenters. The molecule has 3 heterocycles. The van der Waals surface area contributed by atoms with Crippen LogP contribution >= 0.6 is 15.9 Å². The molecule has 6 nitrogen and oxygen atoms in total. The SMILES string of the molecule is CCc1ccc(Oc2ncc(Br)cn2)cc1C1=C(O)C2C3CCC(O3)C2C1=O. The molecule has 0 radical (unpaired) electrons. The van der Waals surface area contributed by atoms with E-state index < -0.39 is 0 Å². The van der Waals surface area contributed by atoms with E-state index in [4.69, 9.17) is 9.47 Å². The van der Waals surface area contributed by atoms with E-state index in [0.29, 0.717) is 11.3 Å². The summed E-state index contributed by atoms with van der Waals surface area (Å²) < 4.78 is 12.4. The lowest BCUT2D eigenvalue weighted by Gasteiger charge is -2.19. The Morgan fingerprint density at radius 1 is 1.21 bits per heavy atom. The number of aliphatic hydroxyl groups is 1. The lowest BCUT2D eigenvalue weighted by molar-refractivity contribution is -0.118. The molecule has 2 aliphatic heterocycles. The number of ether oxygens (including phenoxy) is 2. The highest BCUT2D eigenvalue weighted by Crippen LogP contribution is 2.54. The van der Waals surface area contributed by atoms with E-state index in [9.17, 15) is 9.90 Å². The first-order valence-electron chi connectivity index (χ1n) is 9.48. The van der Waals surface area contributed by atoms with Crippen molar-refractivity contribution in [2.75, 3.05) is 0 Å². The van der Waals surface area contributed by atoms with Crippen molar-refractivity contribution in [3.8, 4) is 11.8 Å². The standard InChI is InChI=1S/C21H19BrN2O4/c1-2-10-3-4-12(27-21-23-8-11(22)9-24-21)7-13(10)16-19(25)17-14-5-6-15(28-14)18(17)20(16)26/h3-4,7-9,14-15,17-18,25H,2,5-6H2,1H3. The van der Waals surface area contributed by atoms with Crippen LogP contribution in [0.1, 0.15) is 30.9 Å². The minimum Gasteiger partial charge on any atom is -0.511 e. The van der Waals surface area contributed by atoms with E-state index in [1.165, 1.54) is 0 Å². The number of carbonyl (C=O) groups excluding carboxylic acids is 1. The van der Waals surface area contributed by atoms with Crippen molar-refractivity contribution in [2.45, 2.75) is 38.4 Å². The second kappa shape index (κ2) is 6.67. The summed E-state index contributed by atoms with van der Waals surface area (Å²) in [5.41, 5.74) is 2.15. The second-order valence-electron chi connectivity index (χ2n) is 7.42. The number of halogens is 1. The van der Waals surface area contributed by atoms with Gasteiger partial charge in [-0.25, -0.2) is 9.97 Å². The molecular formula is C21H19BrN2O4. The van der Waals surface area contributed by atoms with Crippen molar-refractivity contribution < 1.29 is 19.4 Å². The summed E-state index contributed by atoms with van der Waals surface area (Å²) in [6, 6.07) is 5.78. The molecular weight excluding hydrogens is 424 g/mol. The van der Waals surface area contributed by atoms with Gasteiger partial charge >= 0.3 is 6.01 Å². The molecule has 5 rings (SSSR count). The Bertz CT molecular complexity index is 988. The van der Waals surface area contributed by atoms with E-state index in [2.05, 4.69) is 25.9 Å². The van der Waals surface area contributed by atoms with Crippen LogP contribution in [-0.2, 0) is 16.0 Å². The Morgan fingerprint density at radius 2 is 1.93 bits per heavy atom. The van der Waals surface area contributed by atoms with Crippen molar-refractivity contribution in [1.29, 1.82) is 0 Å². The second-order valence-corrected chi connectivity index (χ2v) is 8.34. The third-order valence-corrected chi connectivity index (χ3v) is 6.34. The van der Waals surface area contributed by atoms with Crippen molar-refractivity contribution in [2.24, 2.45) is 11.8 Å². The molecule has 3 aliphatic rings. The number of rotatable bonds is 4. The molecule has 0 saturated carbocycles. The van der Waals surface area contributed by atoms with Gasteiger partial charge in [-0.3, -0.25) is 4.79 Å². The van der Waals surface area contributed by atoms with E-state index in [-0.39, 0.29) is 41.6 Å². The summed E-state index contributed by atoms with van der Waals surface area (Å²) in [6.45, 7) is 2.03. The topological polar surface area (TPSA) is 81.5 Å². The van der Waals surface area contributed by atoms with Crippen LogP contribution in [0.4, 0.5) is 0 Å². The summed E-state index contributed by atoms with van der Waals surface area (Å²) in [5.74, 6) is 0.234. The van der Waals surface area contributed by atoms with Gasteiger partial charge in [0, 0.05) is 12.4 Å². The van der Waals surface area contributed by atoms with Crippen molar-refractivity contribution in [1.82, 2.24) is 9.97 Å². The number of carbonyl (C=O) groups is 1. The molecule has 4 unspecified atom stereocenters. The number of Topliss-reactive ketones (excluding diaryl/α,β-unsaturated/α-hetero) is 1. The van der Waals surface area contributed by atoms with Crippen molar-refractivity contribution >= 4 is 27.3 Å². The number of benzene rings is 1. The van der Waals surface area contributed by atoms with Gasteiger partial charge in [0.15, 0.2) is 5.78 Å². The average Bonchev–Trinajstić information content (AvgIpc) is 3.37. The number of allylic oxidation sites excluding steroid dienone is 1. The van der Waals surface area contributed by atoms with Gasteiger partial charge in [-0.15, -0.1) is 0 Å². The number of ketones is 1. The van der Waals surface area contributed by atoms with Crippen LogP contribution in [0.25, 0.3) is 5.57 Å². The normalized spacial score (nSPS) is 28.1. The smallest absolute Gasteiger partial charge is 0.321 e. The van der Waals surface area contributed by atoms with Gasteiger partial charge in [0.1, 0.15) is 11.5 Å². The van der Waals surface area contributed by atoms with E-state index in [0.717, 1.165) is 34.9 Å². The fourth-order valence-corrected chi connectivity index (χ4v) is 4.91. The van der Waals surface area contributed by atoms with Crippen LogP contribution in [0, 0.1) is 11.8 Å². The highest BCUT2D eigenvalue weighted by Gasteiger charge is 2.59. The molecule has 2 saturated heterocycles. The molecule has 1 N–H and O–H groups in total. The molecule has 7 heteroatoms. The van der Waals surface area contributed by atoms with Crippen LogP contribution in [-0.4, -0.2) is 33.1 Å². The molecule has 0 spiro atoms. The van der Waals surface area contributed by atoms with E-state index >= 15 is 0 Å². The van der Waals surface area contributed by atoms with Crippen molar-refractivity contribution in [3.05, 3.63) is 52.0 Å². The van der Waals surface area contributed by atoms with Crippen LogP contribution in [0.2, 0.25) is 0 Å². The van der Waals surface area contributed by atoms with Crippen molar-refractivity contribution in [3.63, 3.8) is 0 Å². The fraction of sp³-hybridized carbons (Fsp3) is 0.381. The summed E-state index contributed by atoms with van der Waals surface area (Å²) >= 11 is 3.30. The molecule has 1 aromatic heterocycles. The van der Waals surface area contributed by atoms with Gasteiger partial charge in [-0.1, -0.05) is 13.0 Å². The first-order chi connectivity index (χ1) is 13.6. The monoisotopic (exact) mass is 442 g/mol. The predicted molar refractivity (Wildman–Crippen MR) is 105 cm³/mol. The highest BCUT2D eigenvalue weighted by molar-refractivity contribution is 9.10.